The maximum atomic E-state index is 13.4. The Morgan fingerprint density at radius 1 is 1.38 bits per heavy atom. The van der Waals surface area contributed by atoms with E-state index < -0.39 is 11.9 Å². The minimum atomic E-state index is -0.808. The lowest BCUT2D eigenvalue weighted by Gasteiger charge is -2.09. The van der Waals surface area contributed by atoms with E-state index in [4.69, 9.17) is 9.47 Å². The predicted octanol–water partition coefficient (Wildman–Crippen LogP) is 2.29. The number of hydrogen-bond acceptors (Lipinski definition) is 3. The first-order valence-electron chi connectivity index (χ1n) is 5.33. The quantitative estimate of drug-likeness (QED) is 0.759. The molecule has 0 aliphatic heterocycles. The fourth-order valence-electron chi connectivity index (χ4n) is 1.30. The van der Waals surface area contributed by atoms with Crippen LogP contribution in [0.3, 0.4) is 0 Å². The van der Waals surface area contributed by atoms with E-state index >= 15 is 0 Å². The van der Waals surface area contributed by atoms with E-state index in [2.05, 4.69) is 0 Å². The average molecular weight is 228 g/mol. The van der Waals surface area contributed by atoms with Crippen LogP contribution >= 0.6 is 0 Å². The summed E-state index contributed by atoms with van der Waals surface area (Å²) in [5.41, 5.74) is 0.275. The smallest absolute Gasteiger partial charge is 0.132 e. The number of aliphatic hydroxyl groups excluding tert-OH is 1. The third-order valence-electron chi connectivity index (χ3n) is 2.12. The maximum Gasteiger partial charge on any atom is 0.132 e. The molecule has 0 amide bonds. The average Bonchev–Trinajstić information content (AvgIpc) is 2.24. The van der Waals surface area contributed by atoms with Gasteiger partial charge in [-0.15, -0.1) is 0 Å². The summed E-state index contributed by atoms with van der Waals surface area (Å²) in [6.07, 6.45) is -0.808. The standard InChI is InChI=1S/C12H17FO3/c1-3-15-6-7-16-10-4-5-11(9(2)14)12(13)8-10/h4-5,8-9,14H,3,6-7H2,1-2H3. The zero-order valence-corrected chi connectivity index (χ0v) is 9.57. The zero-order chi connectivity index (χ0) is 12.0. The third kappa shape index (κ3) is 3.79. The molecular weight excluding hydrogens is 211 g/mol. The summed E-state index contributed by atoms with van der Waals surface area (Å²) in [5, 5.41) is 9.24. The first kappa shape index (κ1) is 12.9. The molecule has 3 nitrogen and oxygen atoms in total. The van der Waals surface area contributed by atoms with Crippen LogP contribution in [0.25, 0.3) is 0 Å². The number of aliphatic hydroxyl groups is 1. The van der Waals surface area contributed by atoms with Crippen molar-refractivity contribution in [3.63, 3.8) is 0 Å². The van der Waals surface area contributed by atoms with Crippen molar-refractivity contribution in [1.82, 2.24) is 0 Å². The lowest BCUT2D eigenvalue weighted by Crippen LogP contribution is -2.06. The molecule has 0 heterocycles. The zero-order valence-electron chi connectivity index (χ0n) is 9.57. The van der Waals surface area contributed by atoms with Crippen molar-refractivity contribution in [3.05, 3.63) is 29.6 Å². The molecular formula is C12H17FO3. The highest BCUT2D eigenvalue weighted by atomic mass is 19.1. The molecule has 1 aromatic carbocycles. The molecule has 0 aromatic heterocycles. The van der Waals surface area contributed by atoms with Crippen molar-refractivity contribution in [2.75, 3.05) is 19.8 Å². The van der Waals surface area contributed by atoms with Crippen LogP contribution in [-0.2, 0) is 4.74 Å². The van der Waals surface area contributed by atoms with Gasteiger partial charge >= 0.3 is 0 Å². The summed E-state index contributed by atoms with van der Waals surface area (Å²) in [5.74, 6) is -0.00878. The molecule has 0 spiro atoms. The largest absolute Gasteiger partial charge is 0.491 e. The monoisotopic (exact) mass is 228 g/mol. The Bertz CT molecular complexity index is 326. The molecule has 0 bridgehead atoms. The van der Waals surface area contributed by atoms with Gasteiger partial charge in [-0.2, -0.15) is 0 Å². The van der Waals surface area contributed by atoms with E-state index in [-0.39, 0.29) is 5.56 Å². The van der Waals surface area contributed by atoms with Gasteiger partial charge in [-0.1, -0.05) is 0 Å². The Morgan fingerprint density at radius 3 is 2.69 bits per heavy atom. The van der Waals surface area contributed by atoms with Crippen molar-refractivity contribution in [2.45, 2.75) is 20.0 Å². The fourth-order valence-corrected chi connectivity index (χ4v) is 1.30. The van der Waals surface area contributed by atoms with Crippen molar-refractivity contribution in [3.8, 4) is 5.75 Å². The van der Waals surface area contributed by atoms with Gasteiger partial charge in [-0.3, -0.25) is 0 Å². The van der Waals surface area contributed by atoms with Crippen LogP contribution in [-0.4, -0.2) is 24.9 Å². The lowest BCUT2D eigenvalue weighted by atomic mass is 10.1. The van der Waals surface area contributed by atoms with E-state index in [9.17, 15) is 9.50 Å². The highest BCUT2D eigenvalue weighted by Gasteiger charge is 2.08. The van der Waals surface area contributed by atoms with Crippen molar-refractivity contribution >= 4 is 0 Å². The van der Waals surface area contributed by atoms with Gasteiger partial charge in [-0.25, -0.2) is 4.39 Å². The molecule has 0 aliphatic rings. The first-order valence-corrected chi connectivity index (χ1v) is 5.33. The van der Waals surface area contributed by atoms with Crippen LogP contribution in [0.15, 0.2) is 18.2 Å². The molecule has 1 N–H and O–H groups in total. The molecule has 0 saturated carbocycles. The van der Waals surface area contributed by atoms with Crippen molar-refractivity contribution in [1.29, 1.82) is 0 Å². The molecule has 4 heteroatoms. The number of ether oxygens (including phenoxy) is 2. The van der Waals surface area contributed by atoms with Gasteiger partial charge in [0.2, 0.25) is 0 Å². The Labute approximate surface area is 94.8 Å². The van der Waals surface area contributed by atoms with E-state index in [1.807, 2.05) is 6.92 Å². The van der Waals surface area contributed by atoms with Crippen molar-refractivity contribution in [2.24, 2.45) is 0 Å². The second-order valence-corrected chi connectivity index (χ2v) is 3.40. The topological polar surface area (TPSA) is 38.7 Å². The Hall–Kier alpha value is -1.13. The third-order valence-corrected chi connectivity index (χ3v) is 2.12. The molecule has 90 valence electrons. The molecule has 0 radical (unpaired) electrons. The molecule has 1 atom stereocenters. The second kappa shape index (κ2) is 6.45. The van der Waals surface area contributed by atoms with Crippen LogP contribution in [0.4, 0.5) is 4.39 Å². The van der Waals surface area contributed by atoms with E-state index in [0.717, 1.165) is 0 Å². The van der Waals surface area contributed by atoms with Gasteiger partial charge in [-0.05, 0) is 26.0 Å². The van der Waals surface area contributed by atoms with Gasteiger partial charge in [0.1, 0.15) is 18.2 Å². The molecule has 0 aliphatic carbocycles. The molecule has 16 heavy (non-hydrogen) atoms. The van der Waals surface area contributed by atoms with Gasteiger partial charge in [0, 0.05) is 18.2 Å². The van der Waals surface area contributed by atoms with Gasteiger partial charge in [0.25, 0.3) is 0 Å². The number of benzene rings is 1. The van der Waals surface area contributed by atoms with E-state index in [0.29, 0.717) is 25.6 Å². The minimum absolute atomic E-state index is 0.275. The highest BCUT2D eigenvalue weighted by molar-refractivity contribution is 5.29. The summed E-state index contributed by atoms with van der Waals surface area (Å²) in [7, 11) is 0. The van der Waals surface area contributed by atoms with Crippen LogP contribution in [0, 0.1) is 5.82 Å². The lowest BCUT2D eigenvalue weighted by molar-refractivity contribution is 0.110. The van der Waals surface area contributed by atoms with Crippen molar-refractivity contribution < 1.29 is 19.0 Å². The molecule has 1 rings (SSSR count). The summed E-state index contributed by atoms with van der Waals surface area (Å²) < 4.78 is 23.8. The van der Waals surface area contributed by atoms with Gasteiger partial charge in [0.15, 0.2) is 0 Å². The van der Waals surface area contributed by atoms with Crippen LogP contribution < -0.4 is 4.74 Å². The number of halogens is 1. The molecule has 0 saturated heterocycles. The fraction of sp³-hybridized carbons (Fsp3) is 0.500. The summed E-state index contributed by atoms with van der Waals surface area (Å²) in [4.78, 5) is 0. The predicted molar refractivity (Wildman–Crippen MR) is 59.0 cm³/mol. The first-order chi connectivity index (χ1) is 7.65. The SMILES string of the molecule is CCOCCOc1ccc(C(C)O)c(F)c1. The number of rotatable bonds is 6. The van der Waals surface area contributed by atoms with E-state index in [1.54, 1.807) is 6.07 Å². The van der Waals surface area contributed by atoms with Crippen LogP contribution in [0.2, 0.25) is 0 Å². The molecule has 1 aromatic rings. The van der Waals surface area contributed by atoms with E-state index in [1.165, 1.54) is 19.1 Å². The second-order valence-electron chi connectivity index (χ2n) is 3.40. The highest BCUT2D eigenvalue weighted by Crippen LogP contribution is 2.21. The number of hydrogen-bond donors (Lipinski definition) is 1. The van der Waals surface area contributed by atoms with Crippen LogP contribution in [0.5, 0.6) is 5.75 Å². The Kier molecular flexibility index (Phi) is 5.22. The summed E-state index contributed by atoms with van der Waals surface area (Å²) in [6, 6.07) is 4.43. The van der Waals surface area contributed by atoms with Gasteiger partial charge < -0.3 is 14.6 Å². The summed E-state index contributed by atoms with van der Waals surface area (Å²) >= 11 is 0. The van der Waals surface area contributed by atoms with Crippen LogP contribution in [0.1, 0.15) is 25.5 Å². The summed E-state index contributed by atoms with van der Waals surface area (Å²) in [6.45, 7) is 4.93. The normalized spacial score (nSPS) is 12.5. The molecule has 0 fully saturated rings. The van der Waals surface area contributed by atoms with Gasteiger partial charge in [0.05, 0.1) is 12.7 Å². The Balaban J connectivity index is 2.53. The molecule has 1 unspecified atom stereocenters. The maximum absolute atomic E-state index is 13.4. The Morgan fingerprint density at radius 2 is 2.12 bits per heavy atom. The minimum Gasteiger partial charge on any atom is -0.491 e.